The maximum absolute atomic E-state index is 13.0. The molecule has 3 aromatic rings. The lowest BCUT2D eigenvalue weighted by molar-refractivity contribution is -0.117. The number of hydrogen-bond acceptors (Lipinski definition) is 4. The molecule has 12 heteroatoms. The summed E-state index contributed by atoms with van der Waals surface area (Å²) in [4.78, 5) is 29.8. The fourth-order valence-corrected chi connectivity index (χ4v) is 5.48. The highest BCUT2D eigenvalue weighted by Crippen LogP contribution is 2.65. The van der Waals surface area contributed by atoms with Gasteiger partial charge in [0, 0.05) is 27.8 Å². The average molecular weight is 594 g/mol. The number of nitrogens with zero attached hydrogens (tertiary/aromatic N) is 1. The van der Waals surface area contributed by atoms with Crippen LogP contribution < -0.4 is 15.4 Å². The maximum atomic E-state index is 13.0. The molecule has 0 radical (unpaired) electrons. The van der Waals surface area contributed by atoms with Gasteiger partial charge < -0.3 is 15.4 Å². The molecule has 1 saturated carbocycles. The second-order valence-corrected chi connectivity index (χ2v) is 10.8. The summed E-state index contributed by atoms with van der Waals surface area (Å²) in [6.07, 6.45) is 1.43. The van der Waals surface area contributed by atoms with Gasteiger partial charge >= 0.3 is 0 Å². The van der Waals surface area contributed by atoms with Gasteiger partial charge in [-0.2, -0.15) is 0 Å². The van der Waals surface area contributed by atoms with Gasteiger partial charge in [0.25, 0.3) is 5.91 Å². The molecule has 2 atom stereocenters. The molecule has 0 aliphatic heterocycles. The van der Waals surface area contributed by atoms with E-state index in [1.165, 1.54) is 31.5 Å². The van der Waals surface area contributed by atoms with Crippen molar-refractivity contribution in [2.24, 2.45) is 5.92 Å². The summed E-state index contributed by atoms with van der Waals surface area (Å²) in [5.41, 5.74) is 1.35. The molecule has 0 bridgehead atoms. The van der Waals surface area contributed by atoms with Crippen LogP contribution >= 0.6 is 69.6 Å². The number of nitrogens with one attached hydrogen (secondary N) is 2. The first-order valence-electron chi connectivity index (χ1n) is 9.97. The van der Waals surface area contributed by atoms with E-state index in [1.807, 2.05) is 0 Å². The fraction of sp³-hybridized carbons (Fsp3) is 0.174. The summed E-state index contributed by atoms with van der Waals surface area (Å²) in [6, 6.07) is 10.9. The predicted molar refractivity (Wildman–Crippen MR) is 141 cm³/mol. The molecule has 35 heavy (non-hydrogen) atoms. The zero-order valence-electron chi connectivity index (χ0n) is 17.7. The highest BCUT2D eigenvalue weighted by molar-refractivity contribution is 6.53. The lowest BCUT2D eigenvalue weighted by Gasteiger charge is -2.12. The summed E-state index contributed by atoms with van der Waals surface area (Å²) >= 11 is 37.4. The van der Waals surface area contributed by atoms with Crippen LogP contribution in [0.1, 0.15) is 21.8 Å². The molecule has 2 N–H and O–H groups in total. The molecule has 1 aromatic heterocycles. The third kappa shape index (κ3) is 5.43. The van der Waals surface area contributed by atoms with Crippen LogP contribution in [0.15, 0.2) is 48.7 Å². The first-order chi connectivity index (χ1) is 16.5. The Kier molecular flexibility index (Phi) is 7.62. The van der Waals surface area contributed by atoms with Crippen LogP contribution in [0.25, 0.3) is 0 Å². The first kappa shape index (κ1) is 26.1. The number of halogens is 6. The van der Waals surface area contributed by atoms with Gasteiger partial charge in [0.05, 0.1) is 29.3 Å². The van der Waals surface area contributed by atoms with Crippen molar-refractivity contribution in [3.63, 3.8) is 0 Å². The number of alkyl halides is 2. The van der Waals surface area contributed by atoms with E-state index in [-0.39, 0.29) is 27.2 Å². The standard InChI is InChI=1S/C23H15Cl6N3O3/c1-35-22-19(27)16(4-5-30-22)32-20(33)14-9-13(2-3-15(14)26)31-21(34)18-17(23(18,28)29)10-6-11(24)8-12(25)7-10/h2-9,17-18H,1H3,(H,31,34)(H,30,32,33)/t17-,18+/m1/s1. The second-order valence-electron chi connectivity index (χ2n) is 7.65. The molecule has 1 aliphatic rings. The van der Waals surface area contributed by atoms with Gasteiger partial charge in [-0.15, -0.1) is 23.2 Å². The van der Waals surface area contributed by atoms with E-state index in [2.05, 4.69) is 15.6 Å². The Balaban J connectivity index is 1.52. The molecule has 0 spiro atoms. The van der Waals surface area contributed by atoms with Gasteiger partial charge in [0.1, 0.15) is 9.36 Å². The SMILES string of the molecule is COc1nccc(NC(=O)c2cc(NC(=O)[C@@H]3[C@@H](c4cc(Cl)cc(Cl)c4)C3(Cl)Cl)ccc2Cl)c1Cl. The summed E-state index contributed by atoms with van der Waals surface area (Å²) in [7, 11) is 1.41. The molecule has 1 aliphatic carbocycles. The molecular weight excluding hydrogens is 579 g/mol. The van der Waals surface area contributed by atoms with Crippen LogP contribution in [-0.4, -0.2) is 28.2 Å². The lowest BCUT2D eigenvalue weighted by atomic mass is 10.1. The van der Waals surface area contributed by atoms with Crippen LogP contribution in [0, 0.1) is 5.92 Å². The molecule has 6 nitrogen and oxygen atoms in total. The number of methoxy groups -OCH3 is 1. The number of carbonyl (C=O) groups is 2. The largest absolute Gasteiger partial charge is 0.480 e. The topological polar surface area (TPSA) is 80.3 Å². The highest BCUT2D eigenvalue weighted by atomic mass is 35.5. The van der Waals surface area contributed by atoms with E-state index in [4.69, 9.17) is 74.3 Å². The van der Waals surface area contributed by atoms with E-state index in [1.54, 1.807) is 24.3 Å². The molecular formula is C23H15Cl6N3O3. The van der Waals surface area contributed by atoms with Crippen molar-refractivity contribution in [3.8, 4) is 5.88 Å². The summed E-state index contributed by atoms with van der Waals surface area (Å²) in [5, 5.41) is 6.50. The lowest BCUT2D eigenvalue weighted by Crippen LogP contribution is -2.18. The Bertz CT molecular complexity index is 1310. The number of carbonyl (C=O) groups excluding carboxylic acids is 2. The summed E-state index contributed by atoms with van der Waals surface area (Å²) < 4.78 is 3.71. The van der Waals surface area contributed by atoms with Crippen LogP contribution in [-0.2, 0) is 4.79 Å². The number of benzene rings is 2. The van der Waals surface area contributed by atoms with Crippen molar-refractivity contribution < 1.29 is 14.3 Å². The number of rotatable bonds is 6. The van der Waals surface area contributed by atoms with E-state index < -0.39 is 28.0 Å². The van der Waals surface area contributed by atoms with Crippen molar-refractivity contribution in [1.29, 1.82) is 0 Å². The number of amides is 2. The van der Waals surface area contributed by atoms with Crippen molar-refractivity contribution in [2.45, 2.75) is 10.3 Å². The smallest absolute Gasteiger partial charge is 0.257 e. The van der Waals surface area contributed by atoms with Gasteiger partial charge in [-0.3, -0.25) is 9.59 Å². The Morgan fingerprint density at radius 1 is 0.971 bits per heavy atom. The van der Waals surface area contributed by atoms with Crippen LogP contribution in [0.2, 0.25) is 20.1 Å². The number of pyridine rings is 1. The second kappa shape index (κ2) is 10.2. The van der Waals surface area contributed by atoms with Gasteiger partial charge in [-0.25, -0.2) is 4.98 Å². The van der Waals surface area contributed by atoms with Crippen LogP contribution in [0.5, 0.6) is 5.88 Å². The zero-order valence-corrected chi connectivity index (χ0v) is 22.2. The van der Waals surface area contributed by atoms with Gasteiger partial charge in [-0.05, 0) is 48.0 Å². The Labute approximate surface area is 230 Å². The van der Waals surface area contributed by atoms with Crippen molar-refractivity contribution in [3.05, 3.63) is 79.9 Å². The van der Waals surface area contributed by atoms with E-state index in [0.717, 1.165) is 0 Å². The number of hydrogen-bond donors (Lipinski definition) is 2. The number of anilines is 2. The molecule has 2 aromatic carbocycles. The minimum atomic E-state index is -1.35. The Morgan fingerprint density at radius 3 is 2.31 bits per heavy atom. The molecule has 0 saturated heterocycles. The van der Waals surface area contributed by atoms with Gasteiger partial charge in [0.2, 0.25) is 11.8 Å². The zero-order chi connectivity index (χ0) is 25.5. The average Bonchev–Trinajstić information content (AvgIpc) is 3.38. The number of ether oxygens (including phenoxy) is 1. The predicted octanol–water partition coefficient (Wildman–Crippen LogP) is 7.48. The van der Waals surface area contributed by atoms with Crippen molar-refractivity contribution in [2.75, 3.05) is 17.7 Å². The third-order valence-corrected chi connectivity index (χ3v) is 7.43. The van der Waals surface area contributed by atoms with Crippen molar-refractivity contribution >= 4 is 92.8 Å². The minimum Gasteiger partial charge on any atom is -0.480 e. The quantitative estimate of drug-likeness (QED) is 0.290. The minimum absolute atomic E-state index is 0.105. The molecule has 2 amide bonds. The van der Waals surface area contributed by atoms with E-state index in [9.17, 15) is 9.59 Å². The van der Waals surface area contributed by atoms with Gasteiger partial charge in [0.15, 0.2) is 0 Å². The fourth-order valence-electron chi connectivity index (χ4n) is 3.67. The molecule has 1 heterocycles. The summed E-state index contributed by atoms with van der Waals surface area (Å²) in [6.45, 7) is 0. The Hall–Kier alpha value is -1.93. The van der Waals surface area contributed by atoms with E-state index in [0.29, 0.717) is 21.3 Å². The molecule has 1 fully saturated rings. The maximum Gasteiger partial charge on any atom is 0.257 e. The van der Waals surface area contributed by atoms with Gasteiger partial charge in [-0.1, -0.05) is 46.4 Å². The van der Waals surface area contributed by atoms with E-state index >= 15 is 0 Å². The molecule has 182 valence electrons. The summed E-state index contributed by atoms with van der Waals surface area (Å²) in [5.74, 6) is -2.12. The molecule has 0 unspecified atom stereocenters. The highest BCUT2D eigenvalue weighted by Gasteiger charge is 2.67. The molecule has 4 rings (SSSR count). The van der Waals surface area contributed by atoms with Crippen molar-refractivity contribution in [1.82, 2.24) is 4.98 Å². The third-order valence-electron chi connectivity index (χ3n) is 5.36. The normalized spacial score (nSPS) is 18.0. The Morgan fingerprint density at radius 2 is 1.66 bits per heavy atom. The number of aromatic nitrogens is 1. The van der Waals surface area contributed by atoms with Crippen LogP contribution in [0.3, 0.4) is 0 Å². The first-order valence-corrected chi connectivity index (χ1v) is 12.2. The monoisotopic (exact) mass is 591 g/mol. The van der Waals surface area contributed by atoms with Crippen LogP contribution in [0.4, 0.5) is 11.4 Å².